The fraction of sp³-hybridized carbons (Fsp3) is 0.375. The lowest BCUT2D eigenvalue weighted by Gasteiger charge is -2.01. The average molecular weight is 229 g/mol. The maximum Gasteiger partial charge on any atom is 0.227 e. The fourth-order valence-corrected chi connectivity index (χ4v) is 1.64. The highest BCUT2D eigenvalue weighted by atomic mass is 32.1. The Morgan fingerprint density at radius 3 is 3.00 bits per heavy atom. The Morgan fingerprint density at radius 1 is 1.79 bits per heavy atom. The zero-order chi connectivity index (χ0) is 10.6. The van der Waals surface area contributed by atoms with Gasteiger partial charge in [0.2, 0.25) is 5.91 Å². The number of aromatic nitrogens is 1. The first-order chi connectivity index (χ1) is 6.58. The van der Waals surface area contributed by atoms with Gasteiger partial charge in [-0.1, -0.05) is 12.2 Å². The third-order valence-corrected chi connectivity index (χ3v) is 2.43. The standard InChI is InChI=1S/C8H11N3OS2/c1-5-11-6(4-14-5)3-10-8(12)2-7(9)13/h4H,2-3H2,1H3,(H2,9,13)(H,10,12). The fourth-order valence-electron chi connectivity index (χ4n) is 0.899. The van der Waals surface area contributed by atoms with E-state index in [1.807, 2.05) is 12.3 Å². The molecule has 3 N–H and O–H groups in total. The van der Waals surface area contributed by atoms with Crippen LogP contribution in [-0.4, -0.2) is 15.9 Å². The number of hydrogen-bond acceptors (Lipinski definition) is 4. The molecule has 0 fully saturated rings. The van der Waals surface area contributed by atoms with E-state index in [0.29, 0.717) is 6.54 Å². The summed E-state index contributed by atoms with van der Waals surface area (Å²) >= 11 is 6.17. The molecule has 0 bridgehead atoms. The lowest BCUT2D eigenvalue weighted by Crippen LogP contribution is -2.27. The first-order valence-corrected chi connectivity index (χ1v) is 5.32. The van der Waals surface area contributed by atoms with Crippen LogP contribution in [0.3, 0.4) is 0 Å². The Bertz CT molecular complexity index is 348. The predicted octanol–water partition coefficient (Wildman–Crippen LogP) is 0.744. The monoisotopic (exact) mass is 229 g/mol. The Kier molecular flexibility index (Phi) is 3.97. The molecule has 1 aromatic heterocycles. The van der Waals surface area contributed by atoms with Crippen LogP contribution in [0.1, 0.15) is 17.1 Å². The molecule has 1 amide bonds. The molecule has 0 spiro atoms. The van der Waals surface area contributed by atoms with Gasteiger partial charge in [0.1, 0.15) is 0 Å². The highest BCUT2D eigenvalue weighted by Crippen LogP contribution is 2.07. The minimum atomic E-state index is -0.164. The molecule has 0 atom stereocenters. The third-order valence-electron chi connectivity index (χ3n) is 1.47. The molecule has 1 aromatic rings. The molecule has 0 aliphatic heterocycles. The number of carbonyl (C=O) groups is 1. The predicted molar refractivity (Wildman–Crippen MR) is 60.1 cm³/mol. The van der Waals surface area contributed by atoms with Gasteiger partial charge in [0.05, 0.1) is 28.7 Å². The maximum atomic E-state index is 11.1. The van der Waals surface area contributed by atoms with Gasteiger partial charge < -0.3 is 11.1 Å². The zero-order valence-electron chi connectivity index (χ0n) is 7.74. The molecule has 4 nitrogen and oxygen atoms in total. The van der Waals surface area contributed by atoms with Crippen molar-refractivity contribution in [2.24, 2.45) is 5.73 Å². The van der Waals surface area contributed by atoms with E-state index in [2.05, 4.69) is 22.5 Å². The number of aryl methyl sites for hydroxylation is 1. The first kappa shape index (κ1) is 11.1. The summed E-state index contributed by atoms with van der Waals surface area (Å²) in [5, 5.41) is 5.58. The summed E-state index contributed by atoms with van der Waals surface area (Å²) in [4.78, 5) is 15.5. The number of thiocarbonyl (C=S) groups is 1. The van der Waals surface area contributed by atoms with Crippen molar-refractivity contribution in [3.8, 4) is 0 Å². The first-order valence-electron chi connectivity index (χ1n) is 4.04. The van der Waals surface area contributed by atoms with Gasteiger partial charge in [-0.15, -0.1) is 11.3 Å². The number of nitrogens with zero attached hydrogens (tertiary/aromatic N) is 1. The van der Waals surface area contributed by atoms with E-state index in [-0.39, 0.29) is 17.3 Å². The second-order valence-electron chi connectivity index (χ2n) is 2.78. The average Bonchev–Trinajstić information content (AvgIpc) is 2.47. The van der Waals surface area contributed by atoms with Crippen molar-refractivity contribution in [3.63, 3.8) is 0 Å². The number of thiazole rings is 1. The molecule has 1 rings (SSSR count). The van der Waals surface area contributed by atoms with Crippen LogP contribution in [0.25, 0.3) is 0 Å². The van der Waals surface area contributed by atoms with E-state index < -0.39 is 0 Å². The Hall–Kier alpha value is -1.01. The van der Waals surface area contributed by atoms with E-state index in [1.165, 1.54) is 0 Å². The second kappa shape index (κ2) is 5.02. The number of nitrogens with two attached hydrogens (primary N) is 1. The van der Waals surface area contributed by atoms with Gasteiger partial charge in [-0.2, -0.15) is 0 Å². The number of nitrogens with one attached hydrogen (secondary N) is 1. The largest absolute Gasteiger partial charge is 0.393 e. The van der Waals surface area contributed by atoms with Gasteiger partial charge in [-0.3, -0.25) is 4.79 Å². The molecule has 76 valence electrons. The molecule has 0 unspecified atom stereocenters. The minimum absolute atomic E-state index is 0.0957. The van der Waals surface area contributed by atoms with E-state index in [1.54, 1.807) is 11.3 Å². The SMILES string of the molecule is Cc1nc(CNC(=O)CC(N)=S)cs1. The minimum Gasteiger partial charge on any atom is -0.393 e. The van der Waals surface area contributed by atoms with Crippen LogP contribution in [0.5, 0.6) is 0 Å². The maximum absolute atomic E-state index is 11.1. The highest BCUT2D eigenvalue weighted by molar-refractivity contribution is 7.80. The summed E-state index contributed by atoms with van der Waals surface area (Å²) in [6.07, 6.45) is 0.0957. The normalized spacial score (nSPS) is 9.79. The Labute approximate surface area is 91.5 Å². The van der Waals surface area contributed by atoms with Gasteiger partial charge in [0.25, 0.3) is 0 Å². The lowest BCUT2D eigenvalue weighted by molar-refractivity contribution is -0.120. The van der Waals surface area contributed by atoms with E-state index >= 15 is 0 Å². The van der Waals surface area contributed by atoms with Crippen molar-refractivity contribution in [2.75, 3.05) is 0 Å². The van der Waals surface area contributed by atoms with Crippen molar-refractivity contribution in [3.05, 3.63) is 16.1 Å². The summed E-state index contributed by atoms with van der Waals surface area (Å²) < 4.78 is 0. The van der Waals surface area contributed by atoms with Crippen LogP contribution < -0.4 is 11.1 Å². The van der Waals surface area contributed by atoms with E-state index in [0.717, 1.165) is 10.7 Å². The van der Waals surface area contributed by atoms with E-state index in [4.69, 9.17) is 5.73 Å². The van der Waals surface area contributed by atoms with Gasteiger partial charge >= 0.3 is 0 Å². The summed E-state index contributed by atoms with van der Waals surface area (Å²) in [6, 6.07) is 0. The summed E-state index contributed by atoms with van der Waals surface area (Å²) in [7, 11) is 0. The smallest absolute Gasteiger partial charge is 0.227 e. The second-order valence-corrected chi connectivity index (χ2v) is 4.36. The van der Waals surface area contributed by atoms with Gasteiger partial charge in [-0.05, 0) is 6.92 Å². The number of carbonyl (C=O) groups excluding carboxylic acids is 1. The van der Waals surface area contributed by atoms with Crippen molar-refractivity contribution in [1.82, 2.24) is 10.3 Å². The molecular formula is C8H11N3OS2. The van der Waals surface area contributed by atoms with Crippen LogP contribution in [0.4, 0.5) is 0 Å². The molecular weight excluding hydrogens is 218 g/mol. The highest BCUT2D eigenvalue weighted by Gasteiger charge is 2.04. The van der Waals surface area contributed by atoms with Crippen LogP contribution in [0.2, 0.25) is 0 Å². The van der Waals surface area contributed by atoms with Crippen LogP contribution in [0.15, 0.2) is 5.38 Å². The van der Waals surface area contributed by atoms with Crippen LogP contribution >= 0.6 is 23.6 Å². The molecule has 0 radical (unpaired) electrons. The molecule has 0 aliphatic carbocycles. The summed E-state index contributed by atoms with van der Waals surface area (Å²) in [5.74, 6) is -0.164. The molecule has 6 heteroatoms. The quantitative estimate of drug-likeness (QED) is 0.747. The van der Waals surface area contributed by atoms with Gasteiger partial charge in [-0.25, -0.2) is 4.98 Å². The Morgan fingerprint density at radius 2 is 2.50 bits per heavy atom. The van der Waals surface area contributed by atoms with Crippen LogP contribution in [-0.2, 0) is 11.3 Å². The topological polar surface area (TPSA) is 68.0 Å². The van der Waals surface area contributed by atoms with Gasteiger partial charge in [0, 0.05) is 5.38 Å². The molecule has 0 saturated heterocycles. The third kappa shape index (κ3) is 3.80. The van der Waals surface area contributed by atoms with Crippen molar-refractivity contribution >= 4 is 34.5 Å². The molecule has 0 aliphatic rings. The summed E-state index contributed by atoms with van der Waals surface area (Å²) in [6.45, 7) is 2.36. The molecule has 0 aromatic carbocycles. The van der Waals surface area contributed by atoms with E-state index in [9.17, 15) is 4.79 Å². The molecule has 1 heterocycles. The number of amides is 1. The van der Waals surface area contributed by atoms with Crippen molar-refractivity contribution in [2.45, 2.75) is 19.9 Å². The zero-order valence-corrected chi connectivity index (χ0v) is 9.37. The lowest BCUT2D eigenvalue weighted by atomic mass is 10.4. The van der Waals surface area contributed by atoms with Crippen LogP contribution in [0, 0.1) is 6.92 Å². The molecule has 14 heavy (non-hydrogen) atoms. The number of rotatable bonds is 4. The number of hydrogen-bond donors (Lipinski definition) is 2. The van der Waals surface area contributed by atoms with Gasteiger partial charge in [0.15, 0.2) is 0 Å². The van der Waals surface area contributed by atoms with Crippen molar-refractivity contribution < 1.29 is 4.79 Å². The van der Waals surface area contributed by atoms with Crippen molar-refractivity contribution in [1.29, 1.82) is 0 Å². The molecule has 0 saturated carbocycles. The Balaban J connectivity index is 2.34. The summed E-state index contributed by atoms with van der Waals surface area (Å²) in [5.41, 5.74) is 6.09.